The third kappa shape index (κ3) is 4.97. The number of hydrazine groups is 1. The molecule has 2 aromatic carbocycles. The lowest BCUT2D eigenvalue weighted by Gasteiger charge is -2.27. The lowest BCUT2D eigenvalue weighted by molar-refractivity contribution is 0.0207. The fourth-order valence-electron chi connectivity index (χ4n) is 4.60. The zero-order valence-corrected chi connectivity index (χ0v) is 21.1. The van der Waals surface area contributed by atoms with Gasteiger partial charge in [0, 0.05) is 24.2 Å². The lowest BCUT2D eigenvalue weighted by Crippen LogP contribution is -2.49. The molecule has 0 radical (unpaired) electrons. The number of fused-ring (bicyclic) bond motifs is 3. The van der Waals surface area contributed by atoms with E-state index < -0.39 is 6.03 Å². The number of amides is 2. The fourth-order valence-corrected chi connectivity index (χ4v) is 4.60. The van der Waals surface area contributed by atoms with Crippen LogP contribution in [0.4, 0.5) is 10.5 Å². The molecule has 1 aliphatic carbocycles. The van der Waals surface area contributed by atoms with Gasteiger partial charge in [0.2, 0.25) is 0 Å². The number of morpholine rings is 1. The summed E-state index contributed by atoms with van der Waals surface area (Å²) in [6.07, 6.45) is 0. The topological polar surface area (TPSA) is 160 Å². The quantitative estimate of drug-likeness (QED) is 0.234. The van der Waals surface area contributed by atoms with Gasteiger partial charge in [-0.15, -0.1) is 0 Å². The summed E-state index contributed by atoms with van der Waals surface area (Å²) < 4.78 is 16.2. The third-order valence-electron chi connectivity index (χ3n) is 6.41. The predicted octanol–water partition coefficient (Wildman–Crippen LogP) is 2.34. The molecule has 200 valence electrons. The Labute approximate surface area is 222 Å². The van der Waals surface area contributed by atoms with Crippen LogP contribution >= 0.6 is 0 Å². The van der Waals surface area contributed by atoms with E-state index in [1.54, 1.807) is 36.3 Å². The van der Waals surface area contributed by atoms with E-state index in [4.69, 9.17) is 14.0 Å². The summed E-state index contributed by atoms with van der Waals surface area (Å²) >= 11 is 0. The Morgan fingerprint density at radius 2 is 1.95 bits per heavy atom. The van der Waals surface area contributed by atoms with Crippen molar-refractivity contribution in [2.45, 2.75) is 13.2 Å². The second-order valence-corrected chi connectivity index (χ2v) is 8.99. The monoisotopic (exact) mass is 530 g/mol. The smallest absolute Gasteiger partial charge is 0.333 e. The number of H-pyrrole nitrogens is 1. The Kier molecular flexibility index (Phi) is 6.75. The van der Waals surface area contributed by atoms with E-state index in [-0.39, 0.29) is 12.4 Å². The van der Waals surface area contributed by atoms with Gasteiger partial charge in [-0.1, -0.05) is 17.3 Å². The normalized spacial score (nSPS) is 14.6. The van der Waals surface area contributed by atoms with Gasteiger partial charge in [0.1, 0.15) is 11.4 Å². The van der Waals surface area contributed by atoms with Gasteiger partial charge in [0.05, 0.1) is 42.3 Å². The van der Waals surface area contributed by atoms with Crippen LogP contribution in [0.25, 0.3) is 22.5 Å². The van der Waals surface area contributed by atoms with Crippen LogP contribution in [0.5, 0.6) is 5.75 Å². The number of ketones is 1. The summed E-state index contributed by atoms with van der Waals surface area (Å²) in [5, 5.41) is 18.9. The number of ether oxygens (including phenoxy) is 2. The van der Waals surface area contributed by atoms with Crippen molar-refractivity contribution < 1.29 is 23.6 Å². The standard InChI is InChI=1S/C26H26N8O5/c1-27-13-19-29-20(39-33-19)14-38-16-7-5-15(6-8-16)23-22-24(31-30-23)17-3-2-4-18(21(17)25(22)35)28-26(36)32-34-9-11-37-12-10-34/h2-8,27H,9-14H2,1H3,(H,30,31)(H2,28,32,36). The molecule has 1 saturated heterocycles. The van der Waals surface area contributed by atoms with Crippen molar-refractivity contribution in [2.75, 3.05) is 38.7 Å². The van der Waals surface area contributed by atoms with Crippen LogP contribution < -0.4 is 20.8 Å². The molecule has 0 saturated carbocycles. The average Bonchev–Trinajstić information content (AvgIpc) is 3.66. The maximum absolute atomic E-state index is 13.6. The van der Waals surface area contributed by atoms with E-state index in [9.17, 15) is 9.59 Å². The van der Waals surface area contributed by atoms with Crippen LogP contribution in [0.3, 0.4) is 0 Å². The summed E-state index contributed by atoms with van der Waals surface area (Å²) in [7, 11) is 1.80. The number of nitrogens with one attached hydrogen (secondary N) is 4. The number of aromatic nitrogens is 4. The minimum atomic E-state index is -0.415. The number of hydrogen-bond donors (Lipinski definition) is 4. The van der Waals surface area contributed by atoms with Crippen molar-refractivity contribution in [3.05, 3.63) is 65.3 Å². The molecular weight excluding hydrogens is 504 g/mol. The Hall–Kier alpha value is -4.59. The minimum absolute atomic E-state index is 0.135. The van der Waals surface area contributed by atoms with Crippen molar-refractivity contribution in [3.8, 4) is 28.3 Å². The Balaban J connectivity index is 1.16. The number of carbonyl (C=O) groups excluding carboxylic acids is 2. The summed E-state index contributed by atoms with van der Waals surface area (Å²) in [4.78, 5) is 30.5. The number of hydrogen-bond acceptors (Lipinski definition) is 10. The average molecular weight is 531 g/mol. The first kappa shape index (κ1) is 24.7. The number of nitrogens with zero attached hydrogens (tertiary/aromatic N) is 4. The van der Waals surface area contributed by atoms with Gasteiger partial charge in [-0.25, -0.2) is 9.80 Å². The van der Waals surface area contributed by atoms with Gasteiger partial charge in [0.25, 0.3) is 5.89 Å². The first-order valence-corrected chi connectivity index (χ1v) is 12.5. The van der Waals surface area contributed by atoms with Crippen molar-refractivity contribution in [1.29, 1.82) is 0 Å². The molecule has 1 fully saturated rings. The van der Waals surface area contributed by atoms with Gasteiger partial charge < -0.3 is 24.6 Å². The number of aromatic amines is 1. The number of urea groups is 1. The van der Waals surface area contributed by atoms with Crippen LogP contribution in [0, 0.1) is 0 Å². The van der Waals surface area contributed by atoms with Gasteiger partial charge >= 0.3 is 6.03 Å². The van der Waals surface area contributed by atoms with E-state index in [2.05, 4.69) is 36.4 Å². The van der Waals surface area contributed by atoms with Crippen molar-refractivity contribution in [2.24, 2.45) is 0 Å². The number of anilines is 1. The second kappa shape index (κ2) is 10.6. The number of benzene rings is 2. The maximum atomic E-state index is 13.6. The highest BCUT2D eigenvalue weighted by atomic mass is 16.5. The molecule has 4 aromatic rings. The van der Waals surface area contributed by atoms with E-state index in [0.717, 1.165) is 5.56 Å². The molecular formula is C26H26N8O5. The van der Waals surface area contributed by atoms with E-state index in [1.165, 1.54) is 0 Å². The molecule has 13 nitrogen and oxygen atoms in total. The van der Waals surface area contributed by atoms with Gasteiger partial charge in [-0.2, -0.15) is 10.1 Å². The van der Waals surface area contributed by atoms with E-state index in [0.29, 0.717) is 84.1 Å². The van der Waals surface area contributed by atoms with Gasteiger partial charge in [-0.05, 0) is 37.4 Å². The molecule has 2 amide bonds. The molecule has 2 aromatic heterocycles. The van der Waals surface area contributed by atoms with Gasteiger partial charge in [-0.3, -0.25) is 15.3 Å². The maximum Gasteiger partial charge on any atom is 0.333 e. The highest BCUT2D eigenvalue weighted by molar-refractivity contribution is 6.26. The molecule has 3 heterocycles. The third-order valence-corrected chi connectivity index (χ3v) is 6.41. The largest absolute Gasteiger partial charge is 0.484 e. The second-order valence-electron chi connectivity index (χ2n) is 8.99. The van der Waals surface area contributed by atoms with Crippen molar-refractivity contribution in [3.63, 3.8) is 0 Å². The van der Waals surface area contributed by atoms with Crippen LogP contribution in [-0.2, 0) is 17.9 Å². The number of carbonyl (C=O) groups is 2. The number of rotatable bonds is 8. The van der Waals surface area contributed by atoms with Crippen molar-refractivity contribution in [1.82, 2.24) is 36.1 Å². The highest BCUT2D eigenvalue weighted by Crippen LogP contribution is 2.43. The molecule has 39 heavy (non-hydrogen) atoms. The lowest BCUT2D eigenvalue weighted by atomic mass is 10.0. The van der Waals surface area contributed by atoms with E-state index >= 15 is 0 Å². The summed E-state index contributed by atoms with van der Waals surface area (Å²) in [6, 6.07) is 12.2. The molecule has 0 atom stereocenters. The molecule has 0 bridgehead atoms. The minimum Gasteiger partial charge on any atom is -0.484 e. The van der Waals surface area contributed by atoms with E-state index in [1.807, 2.05) is 18.2 Å². The SMILES string of the molecule is CNCc1noc(COc2ccc(-c3n[nH]c4c3C(=O)c3c(NC(=O)NN5CCOCC5)cccc3-4)cc2)n1. The predicted molar refractivity (Wildman–Crippen MR) is 139 cm³/mol. The molecule has 2 aliphatic rings. The summed E-state index contributed by atoms with van der Waals surface area (Å²) in [5.41, 5.74) is 6.70. The van der Waals surface area contributed by atoms with Gasteiger partial charge in [0.15, 0.2) is 18.2 Å². The fraction of sp³-hybridized carbons (Fsp3) is 0.269. The van der Waals surface area contributed by atoms with Crippen LogP contribution in [-0.4, -0.2) is 70.5 Å². The Morgan fingerprint density at radius 1 is 1.13 bits per heavy atom. The molecule has 0 spiro atoms. The first-order chi connectivity index (χ1) is 19.1. The van der Waals surface area contributed by atoms with Crippen LogP contribution in [0.1, 0.15) is 27.6 Å². The molecule has 4 N–H and O–H groups in total. The molecule has 6 rings (SSSR count). The zero-order chi connectivity index (χ0) is 26.8. The molecule has 13 heteroatoms. The van der Waals surface area contributed by atoms with Crippen LogP contribution in [0.15, 0.2) is 47.0 Å². The first-order valence-electron chi connectivity index (χ1n) is 12.5. The van der Waals surface area contributed by atoms with Crippen LogP contribution in [0.2, 0.25) is 0 Å². The molecule has 1 aliphatic heterocycles. The van der Waals surface area contributed by atoms with Crippen molar-refractivity contribution >= 4 is 17.5 Å². The highest BCUT2D eigenvalue weighted by Gasteiger charge is 2.35. The zero-order valence-electron chi connectivity index (χ0n) is 21.1. The Bertz CT molecular complexity index is 1510. The summed E-state index contributed by atoms with van der Waals surface area (Å²) in [5.74, 6) is 1.33. The summed E-state index contributed by atoms with van der Waals surface area (Å²) in [6.45, 7) is 2.93. The molecule has 0 unspecified atom stereocenters. The Morgan fingerprint density at radius 3 is 2.74 bits per heavy atom.